The first-order valence-electron chi connectivity index (χ1n) is 9.95. The molecule has 1 saturated carbocycles. The number of rotatable bonds is 11. The number of aryl methyl sites for hydroxylation is 1. The third kappa shape index (κ3) is 7.41. The Kier molecular flexibility index (Phi) is 9.11. The van der Waals surface area contributed by atoms with Crippen molar-refractivity contribution in [1.82, 2.24) is 0 Å². The van der Waals surface area contributed by atoms with Gasteiger partial charge in [-0.2, -0.15) is 0 Å². The summed E-state index contributed by atoms with van der Waals surface area (Å²) in [6.45, 7) is 0. The van der Waals surface area contributed by atoms with Gasteiger partial charge in [0.2, 0.25) is 0 Å². The largest absolute Gasteiger partial charge is 0.481 e. The molecule has 0 bridgehead atoms. The van der Waals surface area contributed by atoms with Crippen molar-refractivity contribution in [3.8, 4) is 0 Å². The predicted molar refractivity (Wildman–Crippen MR) is 108 cm³/mol. The number of aliphatic hydroxyl groups excluding tert-OH is 2. The van der Waals surface area contributed by atoms with Crippen LogP contribution in [0.5, 0.6) is 0 Å². The fourth-order valence-corrected chi connectivity index (χ4v) is 3.57. The van der Waals surface area contributed by atoms with E-state index in [2.05, 4.69) is 0 Å². The highest BCUT2D eigenvalue weighted by Crippen LogP contribution is 2.33. The lowest BCUT2D eigenvalue weighted by atomic mass is 9.90. The number of allylic oxidation sites excluding steroid dienone is 3. The van der Waals surface area contributed by atoms with Gasteiger partial charge in [-0.05, 0) is 37.7 Å². The summed E-state index contributed by atoms with van der Waals surface area (Å²) in [5.74, 6) is -1.38. The summed E-state index contributed by atoms with van der Waals surface area (Å²) in [4.78, 5) is 22.7. The number of ketones is 1. The first-order valence-corrected chi connectivity index (χ1v) is 9.95. The molecule has 5 heteroatoms. The summed E-state index contributed by atoms with van der Waals surface area (Å²) in [5, 5.41) is 29.0. The number of Topliss-reactive ketones (excluding diaryl/α,β-unsaturated/α-hetero) is 1. The molecule has 1 aromatic carbocycles. The predicted octanol–water partition coefficient (Wildman–Crippen LogP) is 3.30. The number of unbranched alkanes of at least 4 members (excludes halogenated alkanes) is 1. The lowest BCUT2D eigenvalue weighted by Gasteiger charge is -2.17. The molecule has 1 aliphatic rings. The smallest absolute Gasteiger partial charge is 0.303 e. The minimum absolute atomic E-state index is 0.00304. The van der Waals surface area contributed by atoms with Crippen molar-refractivity contribution in [2.24, 2.45) is 11.8 Å². The number of benzene rings is 1. The highest BCUT2D eigenvalue weighted by Gasteiger charge is 2.39. The van der Waals surface area contributed by atoms with Crippen LogP contribution in [0.1, 0.15) is 44.1 Å². The minimum atomic E-state index is -0.804. The van der Waals surface area contributed by atoms with Crippen LogP contribution in [0.2, 0.25) is 0 Å². The van der Waals surface area contributed by atoms with Gasteiger partial charge in [-0.15, -0.1) is 0 Å². The second-order valence-corrected chi connectivity index (χ2v) is 7.40. The summed E-state index contributed by atoms with van der Waals surface area (Å²) in [5.41, 5.74) is 1.16. The zero-order valence-electron chi connectivity index (χ0n) is 16.1. The Bertz CT molecular complexity index is 679. The molecule has 0 spiro atoms. The van der Waals surface area contributed by atoms with Gasteiger partial charge in [-0.25, -0.2) is 0 Å². The molecule has 3 N–H and O–H groups in total. The van der Waals surface area contributed by atoms with Gasteiger partial charge in [0.1, 0.15) is 5.78 Å². The van der Waals surface area contributed by atoms with E-state index in [0.29, 0.717) is 25.7 Å². The van der Waals surface area contributed by atoms with Crippen LogP contribution in [0.25, 0.3) is 0 Å². The van der Waals surface area contributed by atoms with E-state index in [1.165, 1.54) is 0 Å². The molecule has 0 heterocycles. The molecule has 0 aromatic heterocycles. The molecule has 0 radical (unpaired) electrons. The first-order chi connectivity index (χ1) is 13.5. The van der Waals surface area contributed by atoms with Crippen molar-refractivity contribution < 1.29 is 24.9 Å². The third-order valence-corrected chi connectivity index (χ3v) is 5.19. The third-order valence-electron chi connectivity index (χ3n) is 5.19. The quantitative estimate of drug-likeness (QED) is 0.401. The zero-order valence-corrected chi connectivity index (χ0v) is 16.1. The Morgan fingerprint density at radius 1 is 1.21 bits per heavy atom. The van der Waals surface area contributed by atoms with E-state index < -0.39 is 18.2 Å². The van der Waals surface area contributed by atoms with Crippen LogP contribution in [0, 0.1) is 11.8 Å². The van der Waals surface area contributed by atoms with Crippen LogP contribution in [0.3, 0.4) is 0 Å². The number of carbonyl (C=O) groups is 2. The molecule has 0 unspecified atom stereocenters. The summed E-state index contributed by atoms with van der Waals surface area (Å²) in [6, 6.07) is 9.93. The van der Waals surface area contributed by atoms with Gasteiger partial charge in [0.05, 0.1) is 12.2 Å². The van der Waals surface area contributed by atoms with Crippen molar-refractivity contribution >= 4 is 11.8 Å². The van der Waals surface area contributed by atoms with Gasteiger partial charge < -0.3 is 15.3 Å². The number of carbonyl (C=O) groups excluding carboxylic acids is 1. The van der Waals surface area contributed by atoms with E-state index in [-0.39, 0.29) is 30.5 Å². The van der Waals surface area contributed by atoms with Crippen LogP contribution in [-0.2, 0) is 16.0 Å². The average molecular weight is 386 g/mol. The van der Waals surface area contributed by atoms with E-state index in [0.717, 1.165) is 12.0 Å². The van der Waals surface area contributed by atoms with Crippen molar-refractivity contribution in [3.63, 3.8) is 0 Å². The maximum atomic E-state index is 12.2. The normalized spacial score (nSPS) is 23.6. The van der Waals surface area contributed by atoms with E-state index in [4.69, 9.17) is 5.11 Å². The van der Waals surface area contributed by atoms with Crippen LogP contribution in [0.4, 0.5) is 0 Å². The van der Waals surface area contributed by atoms with E-state index in [1.807, 2.05) is 42.5 Å². The molecule has 28 heavy (non-hydrogen) atoms. The Morgan fingerprint density at radius 2 is 1.96 bits per heavy atom. The van der Waals surface area contributed by atoms with Gasteiger partial charge in [-0.3, -0.25) is 9.59 Å². The Morgan fingerprint density at radius 3 is 2.68 bits per heavy atom. The minimum Gasteiger partial charge on any atom is -0.481 e. The molecule has 0 aliphatic heterocycles. The maximum absolute atomic E-state index is 12.2. The molecule has 4 atom stereocenters. The molecule has 2 rings (SSSR count). The zero-order chi connectivity index (χ0) is 20.4. The van der Waals surface area contributed by atoms with Gasteiger partial charge in [-0.1, -0.05) is 54.6 Å². The number of carboxylic acids is 1. The molecular weight excluding hydrogens is 356 g/mol. The highest BCUT2D eigenvalue weighted by molar-refractivity contribution is 5.86. The topological polar surface area (TPSA) is 94.8 Å². The maximum Gasteiger partial charge on any atom is 0.303 e. The second-order valence-electron chi connectivity index (χ2n) is 7.40. The fraction of sp³-hybridized carbons (Fsp3) is 0.478. The first kappa shape index (κ1) is 22.1. The SMILES string of the molecule is O=C(O)CCCC=CC[C@H]1[C@@H](O)CC(=O)[C@@H]1C=C[C@@H](O)CCc1ccccc1. The molecule has 1 aliphatic carbocycles. The van der Waals surface area contributed by atoms with E-state index in [9.17, 15) is 19.8 Å². The molecule has 0 saturated heterocycles. The van der Waals surface area contributed by atoms with Gasteiger partial charge in [0.25, 0.3) is 0 Å². The Balaban J connectivity index is 1.82. The van der Waals surface area contributed by atoms with Crippen LogP contribution in [0.15, 0.2) is 54.6 Å². The van der Waals surface area contributed by atoms with E-state index in [1.54, 1.807) is 12.2 Å². The number of aliphatic hydroxyl groups is 2. The standard InChI is InChI=1S/C23H30O5/c24-18(13-12-17-8-4-3-5-9-17)14-15-20-19(21(25)16-22(20)26)10-6-1-2-7-11-23(27)28/h1,3-6,8-9,14-15,18-21,24-25H,2,7,10-13,16H2,(H,27,28)/t18-,19+,20+,21-/m0/s1. The lowest BCUT2D eigenvalue weighted by molar-refractivity contribution is -0.137. The summed E-state index contributed by atoms with van der Waals surface area (Å²) in [6.07, 6.45) is 9.39. The van der Waals surface area contributed by atoms with Crippen molar-refractivity contribution in [2.45, 2.75) is 57.2 Å². The fourth-order valence-electron chi connectivity index (χ4n) is 3.57. The van der Waals surface area contributed by atoms with Gasteiger partial charge in [0.15, 0.2) is 0 Å². The number of carboxylic acid groups (broad SMARTS) is 1. The number of aliphatic carboxylic acids is 1. The van der Waals surface area contributed by atoms with E-state index >= 15 is 0 Å². The number of hydrogen-bond donors (Lipinski definition) is 3. The Labute approximate surface area is 166 Å². The van der Waals surface area contributed by atoms with Gasteiger partial charge >= 0.3 is 5.97 Å². The second kappa shape index (κ2) is 11.6. The molecule has 0 amide bonds. The summed E-state index contributed by atoms with van der Waals surface area (Å²) in [7, 11) is 0. The lowest BCUT2D eigenvalue weighted by Crippen LogP contribution is -2.19. The van der Waals surface area contributed by atoms with Crippen molar-refractivity contribution in [3.05, 3.63) is 60.2 Å². The number of hydrogen-bond acceptors (Lipinski definition) is 4. The monoisotopic (exact) mass is 386 g/mol. The van der Waals surface area contributed by atoms with Gasteiger partial charge in [0, 0.05) is 24.7 Å². The van der Waals surface area contributed by atoms with Crippen molar-refractivity contribution in [2.75, 3.05) is 0 Å². The molecular formula is C23H30O5. The molecule has 1 aromatic rings. The van der Waals surface area contributed by atoms with Crippen LogP contribution >= 0.6 is 0 Å². The Hall–Kier alpha value is -2.24. The van der Waals surface area contributed by atoms with Crippen LogP contribution < -0.4 is 0 Å². The summed E-state index contributed by atoms with van der Waals surface area (Å²) >= 11 is 0. The van der Waals surface area contributed by atoms with Crippen LogP contribution in [-0.4, -0.2) is 39.3 Å². The molecule has 152 valence electrons. The summed E-state index contributed by atoms with van der Waals surface area (Å²) < 4.78 is 0. The highest BCUT2D eigenvalue weighted by atomic mass is 16.4. The average Bonchev–Trinajstić information content (AvgIpc) is 2.94. The molecule has 5 nitrogen and oxygen atoms in total. The van der Waals surface area contributed by atoms with Crippen molar-refractivity contribution in [1.29, 1.82) is 0 Å². The molecule has 1 fully saturated rings.